The maximum absolute atomic E-state index is 11.5. The molecule has 1 fully saturated rings. The maximum atomic E-state index is 11.5. The third-order valence-corrected chi connectivity index (χ3v) is 3.33. The van der Waals surface area contributed by atoms with E-state index in [-0.39, 0.29) is 5.63 Å². The quantitative estimate of drug-likeness (QED) is 0.741. The van der Waals surface area contributed by atoms with Gasteiger partial charge < -0.3 is 4.42 Å². The van der Waals surface area contributed by atoms with E-state index in [1.165, 1.54) is 12.8 Å². The van der Waals surface area contributed by atoms with E-state index in [1.54, 1.807) is 6.07 Å². The van der Waals surface area contributed by atoms with Crippen molar-refractivity contribution in [2.75, 3.05) is 13.1 Å². The Balaban J connectivity index is 2.04. The van der Waals surface area contributed by atoms with Crippen LogP contribution in [0.15, 0.2) is 39.5 Å². The Labute approximate surface area is 99.7 Å². The summed E-state index contributed by atoms with van der Waals surface area (Å²) in [6.45, 7) is 3.12. The van der Waals surface area contributed by atoms with Gasteiger partial charge in [0.1, 0.15) is 5.58 Å². The Morgan fingerprint density at radius 1 is 1.18 bits per heavy atom. The van der Waals surface area contributed by atoms with Gasteiger partial charge in [-0.05, 0) is 37.6 Å². The van der Waals surface area contributed by atoms with E-state index in [0.717, 1.165) is 30.6 Å². The Kier molecular flexibility index (Phi) is 2.69. The lowest BCUT2D eigenvalue weighted by molar-refractivity contribution is 0.331. The van der Waals surface area contributed by atoms with Crippen molar-refractivity contribution in [1.29, 1.82) is 0 Å². The average Bonchev–Trinajstić information content (AvgIpc) is 2.81. The number of fused-ring (bicyclic) bond motifs is 1. The second-order valence-electron chi connectivity index (χ2n) is 4.57. The maximum Gasteiger partial charge on any atom is 0.336 e. The van der Waals surface area contributed by atoms with E-state index < -0.39 is 0 Å². The molecule has 0 radical (unpaired) electrons. The van der Waals surface area contributed by atoms with Gasteiger partial charge in [0.15, 0.2) is 0 Å². The van der Waals surface area contributed by atoms with Gasteiger partial charge in [-0.25, -0.2) is 4.79 Å². The van der Waals surface area contributed by atoms with Gasteiger partial charge in [-0.3, -0.25) is 4.90 Å². The van der Waals surface area contributed by atoms with Gasteiger partial charge in [-0.1, -0.05) is 18.2 Å². The largest absolute Gasteiger partial charge is 0.423 e. The number of para-hydroxylation sites is 1. The Bertz CT molecular complexity index is 582. The van der Waals surface area contributed by atoms with Crippen LogP contribution >= 0.6 is 0 Å². The van der Waals surface area contributed by atoms with Gasteiger partial charge in [-0.15, -0.1) is 0 Å². The topological polar surface area (TPSA) is 33.5 Å². The molecule has 1 aromatic heterocycles. The molecule has 1 saturated heterocycles. The summed E-state index contributed by atoms with van der Waals surface area (Å²) in [4.78, 5) is 13.9. The summed E-state index contributed by atoms with van der Waals surface area (Å²) < 4.78 is 5.19. The molecule has 0 unspecified atom stereocenters. The van der Waals surface area contributed by atoms with Crippen LogP contribution in [0.4, 0.5) is 0 Å². The summed E-state index contributed by atoms with van der Waals surface area (Å²) in [6.07, 6.45) is 2.53. The minimum absolute atomic E-state index is 0.252. The summed E-state index contributed by atoms with van der Waals surface area (Å²) in [5.41, 5.74) is 1.52. The second-order valence-corrected chi connectivity index (χ2v) is 4.57. The SMILES string of the molecule is O=c1cc(CN2CCCC2)c2ccccc2o1. The monoisotopic (exact) mass is 229 g/mol. The number of nitrogens with zero attached hydrogens (tertiary/aromatic N) is 1. The van der Waals surface area contributed by atoms with E-state index in [2.05, 4.69) is 4.90 Å². The third-order valence-electron chi connectivity index (χ3n) is 3.33. The van der Waals surface area contributed by atoms with Crippen molar-refractivity contribution in [3.8, 4) is 0 Å². The minimum atomic E-state index is -0.252. The highest BCUT2D eigenvalue weighted by atomic mass is 16.4. The molecular weight excluding hydrogens is 214 g/mol. The minimum Gasteiger partial charge on any atom is -0.423 e. The van der Waals surface area contributed by atoms with Gasteiger partial charge in [0.25, 0.3) is 0 Å². The van der Waals surface area contributed by atoms with Crippen LogP contribution in [0.1, 0.15) is 18.4 Å². The van der Waals surface area contributed by atoms with Crippen LogP contribution in [-0.4, -0.2) is 18.0 Å². The van der Waals surface area contributed by atoms with Crippen molar-refractivity contribution < 1.29 is 4.42 Å². The van der Waals surface area contributed by atoms with E-state index in [9.17, 15) is 4.79 Å². The molecule has 3 nitrogen and oxygen atoms in total. The zero-order chi connectivity index (χ0) is 11.7. The van der Waals surface area contributed by atoms with Gasteiger partial charge in [0.05, 0.1) is 0 Å². The molecule has 0 bridgehead atoms. The molecule has 1 aliphatic rings. The van der Waals surface area contributed by atoms with Gasteiger partial charge in [0.2, 0.25) is 0 Å². The van der Waals surface area contributed by atoms with Crippen molar-refractivity contribution in [2.45, 2.75) is 19.4 Å². The molecule has 1 aromatic carbocycles. The van der Waals surface area contributed by atoms with Crippen LogP contribution in [0.3, 0.4) is 0 Å². The summed E-state index contributed by atoms with van der Waals surface area (Å²) in [5.74, 6) is 0. The molecule has 0 spiro atoms. The lowest BCUT2D eigenvalue weighted by Crippen LogP contribution is -2.19. The Morgan fingerprint density at radius 3 is 2.76 bits per heavy atom. The average molecular weight is 229 g/mol. The van der Waals surface area contributed by atoms with Crippen molar-refractivity contribution in [1.82, 2.24) is 4.90 Å². The fourth-order valence-electron chi connectivity index (χ4n) is 2.49. The molecule has 0 N–H and O–H groups in total. The third kappa shape index (κ3) is 2.11. The molecule has 2 heterocycles. The molecule has 88 valence electrons. The fraction of sp³-hybridized carbons (Fsp3) is 0.357. The standard InChI is InChI=1S/C14H15NO2/c16-14-9-11(10-15-7-3-4-8-15)12-5-1-2-6-13(12)17-14/h1-2,5-6,9H,3-4,7-8,10H2. The first-order valence-electron chi connectivity index (χ1n) is 6.07. The van der Waals surface area contributed by atoms with Crippen LogP contribution in [-0.2, 0) is 6.54 Å². The van der Waals surface area contributed by atoms with Crippen LogP contribution in [0.25, 0.3) is 11.0 Å². The summed E-state index contributed by atoms with van der Waals surface area (Å²) >= 11 is 0. The molecule has 3 heteroatoms. The van der Waals surface area contributed by atoms with Crippen LogP contribution < -0.4 is 5.63 Å². The molecule has 3 rings (SSSR count). The summed E-state index contributed by atoms with van der Waals surface area (Å²) in [5, 5.41) is 1.05. The van der Waals surface area contributed by atoms with E-state index in [1.807, 2.05) is 24.3 Å². The lowest BCUT2D eigenvalue weighted by atomic mass is 10.1. The summed E-state index contributed by atoms with van der Waals surface area (Å²) in [7, 11) is 0. The molecule has 0 atom stereocenters. The predicted molar refractivity (Wildman–Crippen MR) is 67.0 cm³/mol. The molecule has 2 aromatic rings. The van der Waals surface area contributed by atoms with Gasteiger partial charge in [-0.2, -0.15) is 0 Å². The number of likely N-dealkylation sites (tertiary alicyclic amines) is 1. The zero-order valence-corrected chi connectivity index (χ0v) is 9.69. The number of benzene rings is 1. The molecule has 0 saturated carbocycles. The molecule has 0 amide bonds. The van der Waals surface area contributed by atoms with Crippen LogP contribution in [0, 0.1) is 0 Å². The number of hydrogen-bond acceptors (Lipinski definition) is 3. The fourth-order valence-corrected chi connectivity index (χ4v) is 2.49. The van der Waals surface area contributed by atoms with Crippen molar-refractivity contribution >= 4 is 11.0 Å². The molecule has 1 aliphatic heterocycles. The predicted octanol–water partition coefficient (Wildman–Crippen LogP) is 2.39. The van der Waals surface area contributed by atoms with E-state index in [4.69, 9.17) is 4.42 Å². The Morgan fingerprint density at radius 2 is 1.94 bits per heavy atom. The lowest BCUT2D eigenvalue weighted by Gasteiger charge is -2.15. The normalized spacial score (nSPS) is 16.7. The van der Waals surface area contributed by atoms with Crippen LogP contribution in [0.5, 0.6) is 0 Å². The summed E-state index contributed by atoms with van der Waals surface area (Å²) in [6, 6.07) is 9.37. The molecule has 0 aliphatic carbocycles. The highest BCUT2D eigenvalue weighted by molar-refractivity contribution is 5.79. The van der Waals surface area contributed by atoms with Crippen molar-refractivity contribution in [3.63, 3.8) is 0 Å². The second kappa shape index (κ2) is 4.34. The van der Waals surface area contributed by atoms with E-state index >= 15 is 0 Å². The van der Waals surface area contributed by atoms with E-state index in [0.29, 0.717) is 5.58 Å². The first-order valence-corrected chi connectivity index (χ1v) is 6.07. The van der Waals surface area contributed by atoms with Crippen molar-refractivity contribution in [2.24, 2.45) is 0 Å². The zero-order valence-electron chi connectivity index (χ0n) is 9.69. The number of hydrogen-bond donors (Lipinski definition) is 0. The Hall–Kier alpha value is -1.61. The molecule has 17 heavy (non-hydrogen) atoms. The highest BCUT2D eigenvalue weighted by Crippen LogP contribution is 2.19. The molecular formula is C14H15NO2. The smallest absolute Gasteiger partial charge is 0.336 e. The van der Waals surface area contributed by atoms with Crippen LogP contribution in [0.2, 0.25) is 0 Å². The first-order chi connectivity index (χ1) is 8.33. The first kappa shape index (κ1) is 10.5. The highest BCUT2D eigenvalue weighted by Gasteiger charge is 2.14. The van der Waals surface area contributed by atoms with Gasteiger partial charge in [0, 0.05) is 18.0 Å². The van der Waals surface area contributed by atoms with Gasteiger partial charge >= 0.3 is 5.63 Å². The number of rotatable bonds is 2. The van der Waals surface area contributed by atoms with Crippen molar-refractivity contribution in [3.05, 3.63) is 46.3 Å².